The number of para-hydroxylation sites is 1. The summed E-state index contributed by atoms with van der Waals surface area (Å²) in [6.07, 6.45) is 5.85. The molecule has 0 fully saturated rings. The molecule has 0 atom stereocenters. The zero-order chi connectivity index (χ0) is 48.3. The van der Waals surface area contributed by atoms with Crippen molar-refractivity contribution in [3.8, 4) is 39.8 Å². The topological polar surface area (TPSA) is 35.9 Å². The van der Waals surface area contributed by atoms with Gasteiger partial charge in [0, 0.05) is 33.9 Å². The molecule has 0 unspecified atom stereocenters. The van der Waals surface area contributed by atoms with E-state index in [4.69, 9.17) is 9.72 Å². The van der Waals surface area contributed by atoms with Crippen LogP contribution < -0.4 is 9.30 Å². The van der Waals surface area contributed by atoms with Gasteiger partial charge >= 0.3 is 0 Å². The van der Waals surface area contributed by atoms with Crippen LogP contribution in [-0.4, -0.2) is 14.1 Å². The first kappa shape index (κ1) is 45.3. The third-order valence-electron chi connectivity index (χ3n) is 14.0. The SMILES string of the molecule is CC(C)(C)c1c(C(C)(C)C)[n+](-c2ccc(C(C)(C)c3ccccc3)cc2)[c-]n1-c1cc(Oc2ccc3c4ccccc4n(-c4cc(C(C)(C)c5ccccc5)ccn4)c3c2)cc(-c2ccccc2)c1. The summed E-state index contributed by atoms with van der Waals surface area (Å²) < 4.78 is 13.9. The van der Waals surface area contributed by atoms with Crippen LogP contribution in [-0.2, 0) is 21.7 Å². The average molecular weight is 903 g/mol. The third kappa shape index (κ3) is 8.45. The summed E-state index contributed by atoms with van der Waals surface area (Å²) in [6.45, 7) is 23.0. The third-order valence-corrected chi connectivity index (χ3v) is 14.0. The Morgan fingerprint density at radius 1 is 0.464 bits per heavy atom. The van der Waals surface area contributed by atoms with E-state index in [-0.39, 0.29) is 21.7 Å². The maximum Gasteiger partial charge on any atom is 0.269 e. The number of benzene rings is 7. The Labute approximate surface area is 408 Å². The number of imidazole rings is 1. The summed E-state index contributed by atoms with van der Waals surface area (Å²) in [5, 5.41) is 2.30. The molecule has 10 aromatic rings. The summed E-state index contributed by atoms with van der Waals surface area (Å²) in [4.78, 5) is 5.01. The Morgan fingerprint density at radius 2 is 1.04 bits per heavy atom. The first-order chi connectivity index (χ1) is 33.0. The Hall–Kier alpha value is -7.50. The van der Waals surface area contributed by atoms with Crippen LogP contribution in [0.3, 0.4) is 0 Å². The number of nitrogens with zero attached hydrogens (tertiary/aromatic N) is 4. The zero-order valence-electron chi connectivity index (χ0n) is 41.7. The maximum atomic E-state index is 7.06. The first-order valence-corrected chi connectivity index (χ1v) is 24.2. The molecule has 0 saturated heterocycles. The highest BCUT2D eigenvalue weighted by atomic mass is 16.5. The molecule has 69 heavy (non-hydrogen) atoms. The van der Waals surface area contributed by atoms with Crippen LogP contribution in [0.4, 0.5) is 0 Å². The van der Waals surface area contributed by atoms with Gasteiger partial charge in [0.25, 0.3) is 6.33 Å². The molecule has 0 amide bonds. The zero-order valence-corrected chi connectivity index (χ0v) is 41.7. The summed E-state index contributed by atoms with van der Waals surface area (Å²) in [5.74, 6) is 2.33. The number of pyridine rings is 1. The normalized spacial score (nSPS) is 12.5. The summed E-state index contributed by atoms with van der Waals surface area (Å²) in [7, 11) is 0. The molecule has 0 aliphatic carbocycles. The van der Waals surface area contributed by atoms with E-state index in [2.05, 4.69) is 277 Å². The summed E-state index contributed by atoms with van der Waals surface area (Å²) >= 11 is 0. The fraction of sp³-hybridized carbons (Fsp3) is 0.219. The van der Waals surface area contributed by atoms with E-state index in [0.717, 1.165) is 61.6 Å². The van der Waals surface area contributed by atoms with E-state index in [9.17, 15) is 0 Å². The Bertz CT molecular complexity index is 3450. The molecule has 3 aromatic heterocycles. The number of fused-ring (bicyclic) bond motifs is 3. The van der Waals surface area contributed by atoms with Crippen molar-refractivity contribution in [1.29, 1.82) is 0 Å². The maximum absolute atomic E-state index is 7.06. The fourth-order valence-electron chi connectivity index (χ4n) is 10.1. The van der Waals surface area contributed by atoms with Crippen LogP contribution in [0.25, 0.3) is 50.1 Å². The first-order valence-electron chi connectivity index (χ1n) is 24.2. The Balaban J connectivity index is 1.11. The van der Waals surface area contributed by atoms with Gasteiger partial charge in [-0.3, -0.25) is 13.7 Å². The van der Waals surface area contributed by atoms with Gasteiger partial charge in [-0.1, -0.05) is 191 Å². The Morgan fingerprint density at radius 3 is 1.68 bits per heavy atom. The number of aromatic nitrogens is 4. The van der Waals surface area contributed by atoms with Crippen molar-refractivity contribution in [2.75, 3.05) is 0 Å². The largest absolute Gasteiger partial charge is 0.458 e. The van der Waals surface area contributed by atoms with E-state index in [1.165, 1.54) is 33.6 Å². The molecule has 0 saturated carbocycles. The van der Waals surface area contributed by atoms with Crippen LogP contribution in [0.15, 0.2) is 194 Å². The van der Waals surface area contributed by atoms with Crippen molar-refractivity contribution in [2.24, 2.45) is 0 Å². The molecule has 5 heteroatoms. The number of hydrogen-bond acceptors (Lipinski definition) is 2. The molecule has 0 bridgehead atoms. The number of ether oxygens (including phenoxy) is 1. The second kappa shape index (κ2) is 17.2. The minimum Gasteiger partial charge on any atom is -0.458 e. The number of rotatable bonds is 10. The molecule has 3 heterocycles. The van der Waals surface area contributed by atoms with Gasteiger partial charge in [0.2, 0.25) is 0 Å². The van der Waals surface area contributed by atoms with Crippen molar-refractivity contribution >= 4 is 21.8 Å². The standard InChI is InChI=1S/C64H62N4O/c1-61(2,3)59-60(62(4,5)6)67(43-66(59)50-32-30-48(31-33-50)63(7,8)46-24-16-12-17-25-46)51-38-45(44-22-14-11-15-23-44)39-53(41-51)69-52-34-35-55-54-28-20-21-29-56(54)68(57(55)42-52)58-40-49(36-37-65-58)64(9,10)47-26-18-13-19-27-47/h11-42H,1-10H3. The molecular formula is C64H62N4O. The lowest BCUT2D eigenvalue weighted by atomic mass is 9.78. The second-order valence-corrected chi connectivity index (χ2v) is 21.6. The smallest absolute Gasteiger partial charge is 0.269 e. The van der Waals surface area contributed by atoms with Gasteiger partial charge in [-0.15, -0.1) is 0 Å². The lowest BCUT2D eigenvalue weighted by Gasteiger charge is -2.30. The van der Waals surface area contributed by atoms with Crippen molar-refractivity contribution in [3.63, 3.8) is 0 Å². The van der Waals surface area contributed by atoms with E-state index in [0.29, 0.717) is 0 Å². The molecule has 0 radical (unpaired) electrons. The lowest BCUT2D eigenvalue weighted by Crippen LogP contribution is -2.40. The minimum atomic E-state index is -0.247. The highest BCUT2D eigenvalue weighted by molar-refractivity contribution is 6.09. The van der Waals surface area contributed by atoms with E-state index >= 15 is 0 Å². The van der Waals surface area contributed by atoms with Gasteiger partial charge in [-0.2, -0.15) is 0 Å². The van der Waals surface area contributed by atoms with Crippen molar-refractivity contribution in [3.05, 3.63) is 234 Å². The quantitative estimate of drug-likeness (QED) is 0.101. The van der Waals surface area contributed by atoms with Gasteiger partial charge in [0.05, 0.1) is 33.8 Å². The highest BCUT2D eigenvalue weighted by Crippen LogP contribution is 2.41. The van der Waals surface area contributed by atoms with E-state index in [1.54, 1.807) is 0 Å². The molecule has 0 spiro atoms. The van der Waals surface area contributed by atoms with Gasteiger partial charge in [0.1, 0.15) is 17.3 Å². The number of hydrogen-bond donors (Lipinski definition) is 0. The average Bonchev–Trinajstić information content (AvgIpc) is 3.93. The monoisotopic (exact) mass is 902 g/mol. The van der Waals surface area contributed by atoms with Crippen LogP contribution >= 0.6 is 0 Å². The highest BCUT2D eigenvalue weighted by Gasteiger charge is 2.34. The molecule has 0 N–H and O–H groups in total. The molecule has 0 aliphatic heterocycles. The molecule has 344 valence electrons. The van der Waals surface area contributed by atoms with E-state index in [1.807, 2.05) is 6.20 Å². The minimum absolute atomic E-state index is 0.152. The molecule has 7 aromatic carbocycles. The van der Waals surface area contributed by atoms with Crippen LogP contribution in [0.2, 0.25) is 0 Å². The van der Waals surface area contributed by atoms with Crippen molar-refractivity contribution in [1.82, 2.24) is 14.1 Å². The van der Waals surface area contributed by atoms with E-state index < -0.39 is 0 Å². The lowest BCUT2D eigenvalue weighted by molar-refractivity contribution is -0.611. The van der Waals surface area contributed by atoms with Crippen molar-refractivity contribution in [2.45, 2.75) is 90.9 Å². The molecule has 5 nitrogen and oxygen atoms in total. The fourth-order valence-corrected chi connectivity index (χ4v) is 10.1. The Kier molecular flexibility index (Phi) is 11.3. The van der Waals surface area contributed by atoms with Gasteiger partial charge in [-0.25, -0.2) is 4.98 Å². The molecular weight excluding hydrogens is 841 g/mol. The molecule has 0 aliphatic rings. The van der Waals surface area contributed by atoms with Gasteiger partial charge in [-0.05, 0) is 105 Å². The summed E-state index contributed by atoms with van der Waals surface area (Å²) in [6, 6.07) is 67.1. The summed E-state index contributed by atoms with van der Waals surface area (Å²) in [5.41, 5.74) is 12.9. The van der Waals surface area contributed by atoms with Crippen LogP contribution in [0.1, 0.15) is 103 Å². The van der Waals surface area contributed by atoms with Crippen LogP contribution in [0.5, 0.6) is 11.5 Å². The predicted octanol–water partition coefficient (Wildman–Crippen LogP) is 15.8. The molecule has 10 rings (SSSR count). The van der Waals surface area contributed by atoms with Crippen molar-refractivity contribution < 1.29 is 9.30 Å². The predicted molar refractivity (Wildman–Crippen MR) is 285 cm³/mol. The van der Waals surface area contributed by atoms with Gasteiger partial charge < -0.3 is 4.74 Å². The second-order valence-electron chi connectivity index (χ2n) is 21.6. The van der Waals surface area contributed by atoms with Gasteiger partial charge in [0.15, 0.2) is 0 Å². The van der Waals surface area contributed by atoms with Crippen LogP contribution in [0, 0.1) is 6.33 Å².